The molecule has 0 unspecified atom stereocenters. The van der Waals surface area contributed by atoms with Gasteiger partial charge in [0.25, 0.3) is 0 Å². The van der Waals surface area contributed by atoms with Crippen molar-refractivity contribution in [3.05, 3.63) is 53.9 Å². The molecule has 1 heterocycles. The van der Waals surface area contributed by atoms with Crippen LogP contribution >= 0.6 is 11.8 Å². The molecule has 21 heavy (non-hydrogen) atoms. The van der Waals surface area contributed by atoms with Crippen molar-refractivity contribution in [3.63, 3.8) is 0 Å². The number of nitrogens with two attached hydrogens (primary N) is 1. The summed E-state index contributed by atoms with van der Waals surface area (Å²) >= 11 is 1.05. The fourth-order valence-corrected chi connectivity index (χ4v) is 2.52. The molecule has 0 aliphatic carbocycles. The maximum atomic E-state index is 12.8. The van der Waals surface area contributed by atoms with Crippen molar-refractivity contribution in [3.8, 4) is 0 Å². The van der Waals surface area contributed by atoms with Crippen molar-refractivity contribution in [2.24, 2.45) is 10.9 Å². The molecule has 0 atom stereocenters. The molecular weight excluding hydrogens is 303 g/mol. The topological polar surface area (TPSA) is 71.5 Å². The molecule has 3 N–H and O–H groups in total. The quantitative estimate of drug-likeness (QED) is 0.394. The number of nitrogens with zero attached hydrogens (tertiary/aromatic N) is 2. The number of benzene rings is 1. The number of rotatable bonds is 3. The third-order valence-electron chi connectivity index (χ3n) is 2.50. The van der Waals surface area contributed by atoms with Crippen LogP contribution in [0.15, 0.2) is 57.5 Å². The number of alkyl halides is 3. The first-order chi connectivity index (χ1) is 9.91. The molecule has 0 aliphatic rings. The summed E-state index contributed by atoms with van der Waals surface area (Å²) < 4.78 is 38.3. The summed E-state index contributed by atoms with van der Waals surface area (Å²) in [5, 5.41) is 11.5. The zero-order valence-electron chi connectivity index (χ0n) is 10.5. The van der Waals surface area contributed by atoms with Gasteiger partial charge in [-0.05, 0) is 18.2 Å². The average Bonchev–Trinajstić information content (AvgIpc) is 2.46. The molecule has 4 nitrogen and oxygen atoms in total. The lowest BCUT2D eigenvalue weighted by atomic mass is 10.2. The lowest BCUT2D eigenvalue weighted by molar-refractivity contribution is -0.138. The molecule has 0 radical (unpaired) electrons. The van der Waals surface area contributed by atoms with Crippen LogP contribution in [-0.4, -0.2) is 16.0 Å². The monoisotopic (exact) mass is 313 g/mol. The maximum Gasteiger partial charge on any atom is 0.417 e. The van der Waals surface area contributed by atoms with Gasteiger partial charge in [0.15, 0.2) is 5.84 Å². The van der Waals surface area contributed by atoms with Crippen molar-refractivity contribution in [1.82, 2.24) is 4.98 Å². The molecule has 0 amide bonds. The highest BCUT2D eigenvalue weighted by molar-refractivity contribution is 7.99. The van der Waals surface area contributed by atoms with Crippen molar-refractivity contribution >= 4 is 17.6 Å². The number of pyridine rings is 1. The first-order valence-corrected chi connectivity index (χ1v) is 6.51. The highest BCUT2D eigenvalue weighted by Gasteiger charge is 2.32. The average molecular weight is 313 g/mol. The molecular formula is C13H10F3N3OS. The van der Waals surface area contributed by atoms with Crippen LogP contribution in [0.3, 0.4) is 0 Å². The van der Waals surface area contributed by atoms with Gasteiger partial charge in [-0.1, -0.05) is 35.1 Å². The largest absolute Gasteiger partial charge is 0.417 e. The first kappa shape index (κ1) is 15.2. The number of aromatic nitrogens is 1. The molecule has 0 spiro atoms. The van der Waals surface area contributed by atoms with Gasteiger partial charge in [0, 0.05) is 16.0 Å². The van der Waals surface area contributed by atoms with E-state index in [1.807, 2.05) is 0 Å². The molecule has 0 saturated carbocycles. The predicted octanol–water partition coefficient (Wildman–Crippen LogP) is 3.35. The Morgan fingerprint density at radius 2 is 1.90 bits per heavy atom. The minimum absolute atomic E-state index is 0.000599. The highest BCUT2D eigenvalue weighted by Crippen LogP contribution is 2.35. The second-order valence-corrected chi connectivity index (χ2v) is 5.08. The molecule has 0 fully saturated rings. The number of halogens is 3. The molecule has 0 saturated heterocycles. The van der Waals surface area contributed by atoms with E-state index in [4.69, 9.17) is 10.9 Å². The van der Waals surface area contributed by atoms with Crippen LogP contribution < -0.4 is 5.73 Å². The minimum atomic E-state index is -4.51. The van der Waals surface area contributed by atoms with E-state index in [1.165, 1.54) is 0 Å². The van der Waals surface area contributed by atoms with Gasteiger partial charge in [0.05, 0.1) is 5.56 Å². The van der Waals surface area contributed by atoms with E-state index < -0.39 is 11.7 Å². The number of hydrogen-bond donors (Lipinski definition) is 2. The van der Waals surface area contributed by atoms with Crippen LogP contribution in [0, 0.1) is 0 Å². The Morgan fingerprint density at radius 3 is 2.48 bits per heavy atom. The third-order valence-corrected chi connectivity index (χ3v) is 3.54. The van der Waals surface area contributed by atoms with Gasteiger partial charge in [0.2, 0.25) is 0 Å². The highest BCUT2D eigenvalue weighted by atomic mass is 32.2. The molecule has 2 aromatic rings. The summed E-state index contributed by atoms with van der Waals surface area (Å²) in [7, 11) is 0. The van der Waals surface area contributed by atoms with Gasteiger partial charge in [-0.2, -0.15) is 13.2 Å². The van der Waals surface area contributed by atoms with Crippen molar-refractivity contribution in [1.29, 1.82) is 0 Å². The SMILES string of the molecule is NC(=NO)c1ncc(C(F)(F)F)cc1Sc1ccccc1. The summed E-state index contributed by atoms with van der Waals surface area (Å²) in [6, 6.07) is 9.71. The van der Waals surface area contributed by atoms with E-state index in [0.717, 1.165) is 17.8 Å². The van der Waals surface area contributed by atoms with Crippen LogP contribution in [0.25, 0.3) is 0 Å². The van der Waals surface area contributed by atoms with Gasteiger partial charge in [0.1, 0.15) is 5.69 Å². The van der Waals surface area contributed by atoms with Gasteiger partial charge in [-0.15, -0.1) is 0 Å². The smallest absolute Gasteiger partial charge is 0.409 e. The van der Waals surface area contributed by atoms with Gasteiger partial charge < -0.3 is 10.9 Å². The van der Waals surface area contributed by atoms with E-state index in [1.54, 1.807) is 30.3 Å². The molecule has 0 bridgehead atoms. The predicted molar refractivity (Wildman–Crippen MR) is 72.3 cm³/mol. The zero-order valence-corrected chi connectivity index (χ0v) is 11.3. The molecule has 1 aromatic carbocycles. The Labute approximate surface area is 122 Å². The summed E-state index contributed by atoms with van der Waals surface area (Å²) in [6.07, 6.45) is -3.86. The molecule has 8 heteroatoms. The minimum Gasteiger partial charge on any atom is -0.409 e. The molecule has 2 rings (SSSR count). The first-order valence-electron chi connectivity index (χ1n) is 5.70. The zero-order chi connectivity index (χ0) is 15.5. The molecule has 0 aliphatic heterocycles. The number of hydrogen-bond acceptors (Lipinski definition) is 4. The van der Waals surface area contributed by atoms with Crippen molar-refractivity contribution in [2.75, 3.05) is 0 Å². The van der Waals surface area contributed by atoms with Crippen LogP contribution in [0.2, 0.25) is 0 Å². The van der Waals surface area contributed by atoms with Crippen LogP contribution in [-0.2, 0) is 6.18 Å². The van der Waals surface area contributed by atoms with Crippen LogP contribution in [0.1, 0.15) is 11.3 Å². The Balaban J connectivity index is 2.48. The Kier molecular flexibility index (Phi) is 4.37. The fraction of sp³-hybridized carbons (Fsp3) is 0.0769. The Hall–Kier alpha value is -2.22. The second-order valence-electron chi connectivity index (χ2n) is 3.97. The molecule has 1 aromatic heterocycles. The fourth-order valence-electron chi connectivity index (χ4n) is 1.53. The van der Waals surface area contributed by atoms with Crippen molar-refractivity contribution in [2.45, 2.75) is 16.0 Å². The lowest BCUT2D eigenvalue weighted by Gasteiger charge is -2.11. The van der Waals surface area contributed by atoms with E-state index in [-0.39, 0.29) is 16.4 Å². The van der Waals surface area contributed by atoms with E-state index in [0.29, 0.717) is 11.1 Å². The Morgan fingerprint density at radius 1 is 1.24 bits per heavy atom. The Bertz CT molecular complexity index is 659. The van der Waals surface area contributed by atoms with Gasteiger partial charge in [-0.25, -0.2) is 0 Å². The van der Waals surface area contributed by atoms with Crippen LogP contribution in [0.4, 0.5) is 13.2 Å². The van der Waals surface area contributed by atoms with E-state index >= 15 is 0 Å². The molecule has 110 valence electrons. The van der Waals surface area contributed by atoms with E-state index in [2.05, 4.69) is 10.1 Å². The van der Waals surface area contributed by atoms with E-state index in [9.17, 15) is 13.2 Å². The van der Waals surface area contributed by atoms with Gasteiger partial charge >= 0.3 is 6.18 Å². The van der Waals surface area contributed by atoms with Crippen LogP contribution in [0.5, 0.6) is 0 Å². The third kappa shape index (κ3) is 3.66. The van der Waals surface area contributed by atoms with Gasteiger partial charge in [-0.3, -0.25) is 4.98 Å². The standard InChI is InChI=1S/C13H10F3N3OS/c14-13(15,16)8-6-10(11(18-7-8)12(17)19-20)21-9-4-2-1-3-5-9/h1-7,20H,(H2,17,19). The normalized spacial score (nSPS) is 12.4. The number of amidine groups is 1. The van der Waals surface area contributed by atoms with Crippen molar-refractivity contribution < 1.29 is 18.4 Å². The maximum absolute atomic E-state index is 12.8. The summed E-state index contributed by atoms with van der Waals surface area (Å²) in [6.45, 7) is 0. The summed E-state index contributed by atoms with van der Waals surface area (Å²) in [5.74, 6) is -0.345. The summed E-state index contributed by atoms with van der Waals surface area (Å²) in [4.78, 5) is 4.53. The second kappa shape index (κ2) is 6.04. The summed E-state index contributed by atoms with van der Waals surface area (Å²) in [5.41, 5.74) is 4.56. The lowest BCUT2D eigenvalue weighted by Crippen LogP contribution is -2.17. The number of oxime groups is 1.